The lowest BCUT2D eigenvalue weighted by Gasteiger charge is -2.18. The van der Waals surface area contributed by atoms with Crippen molar-refractivity contribution in [2.75, 3.05) is 5.32 Å². The SMILES string of the molecule is Cc1cc(C)nc(NC(=O)[C@H](Cc2ccccc2)NC(=O)OCc2ccccc2)c1. The zero-order valence-corrected chi connectivity index (χ0v) is 17.1. The first-order valence-corrected chi connectivity index (χ1v) is 9.77. The number of hydrogen-bond acceptors (Lipinski definition) is 4. The molecule has 30 heavy (non-hydrogen) atoms. The average molecular weight is 403 g/mol. The van der Waals surface area contributed by atoms with Crippen LogP contribution in [0.1, 0.15) is 22.4 Å². The van der Waals surface area contributed by atoms with Crippen LogP contribution in [-0.2, 0) is 22.6 Å². The van der Waals surface area contributed by atoms with Gasteiger partial charge in [-0.05, 0) is 42.7 Å². The highest BCUT2D eigenvalue weighted by Gasteiger charge is 2.22. The van der Waals surface area contributed by atoms with Gasteiger partial charge in [0.2, 0.25) is 5.91 Å². The topological polar surface area (TPSA) is 80.3 Å². The van der Waals surface area contributed by atoms with Crippen LogP contribution >= 0.6 is 0 Å². The molecule has 0 aliphatic heterocycles. The minimum absolute atomic E-state index is 0.130. The number of amides is 2. The monoisotopic (exact) mass is 403 g/mol. The molecule has 3 aromatic rings. The molecule has 0 aliphatic rings. The molecule has 154 valence electrons. The predicted octanol–water partition coefficient (Wildman–Crippen LogP) is 4.17. The highest BCUT2D eigenvalue weighted by molar-refractivity contribution is 5.96. The molecule has 6 heteroatoms. The zero-order valence-electron chi connectivity index (χ0n) is 17.1. The minimum atomic E-state index is -0.807. The average Bonchev–Trinajstić information content (AvgIpc) is 2.72. The van der Waals surface area contributed by atoms with E-state index in [0.29, 0.717) is 12.2 Å². The Bertz CT molecular complexity index is 971. The van der Waals surface area contributed by atoms with Gasteiger partial charge in [-0.25, -0.2) is 9.78 Å². The Labute approximate surface area is 176 Å². The van der Waals surface area contributed by atoms with Gasteiger partial charge in [0, 0.05) is 12.1 Å². The number of carbonyl (C=O) groups is 2. The molecule has 0 radical (unpaired) electrons. The van der Waals surface area contributed by atoms with Crippen molar-refractivity contribution in [2.24, 2.45) is 0 Å². The van der Waals surface area contributed by atoms with Crippen LogP contribution in [0.15, 0.2) is 72.8 Å². The number of nitrogens with one attached hydrogen (secondary N) is 2. The van der Waals surface area contributed by atoms with Gasteiger partial charge in [0.1, 0.15) is 18.5 Å². The smallest absolute Gasteiger partial charge is 0.408 e. The molecule has 0 fully saturated rings. The second-order valence-electron chi connectivity index (χ2n) is 7.11. The number of carbonyl (C=O) groups excluding carboxylic acids is 2. The number of aromatic nitrogens is 1. The highest BCUT2D eigenvalue weighted by atomic mass is 16.5. The maximum absolute atomic E-state index is 12.9. The Morgan fingerprint density at radius 1 is 0.933 bits per heavy atom. The third-order valence-electron chi connectivity index (χ3n) is 4.45. The summed E-state index contributed by atoms with van der Waals surface area (Å²) in [4.78, 5) is 29.6. The second kappa shape index (κ2) is 10.2. The number of nitrogens with zero attached hydrogens (tertiary/aromatic N) is 1. The van der Waals surface area contributed by atoms with E-state index in [1.54, 1.807) is 6.07 Å². The summed E-state index contributed by atoms with van der Waals surface area (Å²) in [6, 6.07) is 21.8. The number of alkyl carbamates (subject to hydrolysis) is 1. The number of hydrogen-bond donors (Lipinski definition) is 2. The van der Waals surface area contributed by atoms with Crippen LogP contribution < -0.4 is 10.6 Å². The van der Waals surface area contributed by atoms with E-state index in [2.05, 4.69) is 15.6 Å². The van der Waals surface area contributed by atoms with Crippen molar-refractivity contribution in [2.45, 2.75) is 32.9 Å². The van der Waals surface area contributed by atoms with Gasteiger partial charge in [0.15, 0.2) is 0 Å². The van der Waals surface area contributed by atoms with Gasteiger partial charge >= 0.3 is 6.09 Å². The number of aryl methyl sites for hydroxylation is 2. The molecule has 3 rings (SSSR count). The van der Waals surface area contributed by atoms with Crippen LogP contribution in [0.25, 0.3) is 0 Å². The summed E-state index contributed by atoms with van der Waals surface area (Å²) < 4.78 is 5.29. The fourth-order valence-corrected chi connectivity index (χ4v) is 3.08. The number of anilines is 1. The van der Waals surface area contributed by atoms with E-state index in [-0.39, 0.29) is 12.5 Å². The minimum Gasteiger partial charge on any atom is -0.445 e. The molecule has 0 aliphatic carbocycles. The summed E-state index contributed by atoms with van der Waals surface area (Å²) in [5.74, 6) is 0.100. The van der Waals surface area contributed by atoms with Gasteiger partial charge in [-0.15, -0.1) is 0 Å². The summed E-state index contributed by atoms with van der Waals surface area (Å²) in [6.07, 6.45) is -0.318. The van der Waals surface area contributed by atoms with Crippen molar-refractivity contribution < 1.29 is 14.3 Å². The normalized spacial score (nSPS) is 11.4. The Kier molecular flexibility index (Phi) is 7.16. The Balaban J connectivity index is 1.68. The fourth-order valence-electron chi connectivity index (χ4n) is 3.08. The molecule has 1 heterocycles. The standard InChI is InChI=1S/C24H25N3O3/c1-17-13-18(2)25-22(14-17)27-23(28)21(15-19-9-5-3-6-10-19)26-24(29)30-16-20-11-7-4-8-12-20/h3-14,21H,15-16H2,1-2H3,(H,26,29)(H,25,27,28)/t21-/m0/s1. The lowest BCUT2D eigenvalue weighted by molar-refractivity contribution is -0.118. The third kappa shape index (κ3) is 6.44. The number of rotatable bonds is 7. The van der Waals surface area contributed by atoms with Gasteiger partial charge < -0.3 is 15.4 Å². The van der Waals surface area contributed by atoms with E-state index in [0.717, 1.165) is 22.4 Å². The summed E-state index contributed by atoms with van der Waals surface area (Å²) in [7, 11) is 0. The molecular formula is C24H25N3O3. The van der Waals surface area contributed by atoms with Crippen LogP contribution in [-0.4, -0.2) is 23.0 Å². The van der Waals surface area contributed by atoms with E-state index in [1.807, 2.05) is 80.6 Å². The zero-order chi connectivity index (χ0) is 21.3. The van der Waals surface area contributed by atoms with Crippen LogP contribution in [0.5, 0.6) is 0 Å². The molecule has 0 saturated carbocycles. The van der Waals surface area contributed by atoms with Gasteiger partial charge in [0.25, 0.3) is 0 Å². The number of pyridine rings is 1. The Morgan fingerprint density at radius 2 is 1.57 bits per heavy atom. The number of benzene rings is 2. The van der Waals surface area contributed by atoms with Crippen molar-refractivity contribution in [1.82, 2.24) is 10.3 Å². The van der Waals surface area contributed by atoms with Crippen molar-refractivity contribution in [3.63, 3.8) is 0 Å². The molecule has 1 aromatic heterocycles. The van der Waals surface area contributed by atoms with Crippen molar-refractivity contribution in [3.8, 4) is 0 Å². The first kappa shape index (κ1) is 21.0. The molecule has 0 bridgehead atoms. The molecule has 0 saturated heterocycles. The Morgan fingerprint density at radius 3 is 2.20 bits per heavy atom. The molecule has 0 unspecified atom stereocenters. The Hall–Kier alpha value is -3.67. The lowest BCUT2D eigenvalue weighted by atomic mass is 10.1. The van der Waals surface area contributed by atoms with E-state index in [9.17, 15) is 9.59 Å². The lowest BCUT2D eigenvalue weighted by Crippen LogP contribution is -2.45. The number of ether oxygens (including phenoxy) is 1. The van der Waals surface area contributed by atoms with Gasteiger partial charge in [-0.1, -0.05) is 60.7 Å². The largest absolute Gasteiger partial charge is 0.445 e. The summed E-state index contributed by atoms with van der Waals surface area (Å²) >= 11 is 0. The maximum atomic E-state index is 12.9. The molecule has 1 atom stereocenters. The first-order valence-electron chi connectivity index (χ1n) is 9.77. The maximum Gasteiger partial charge on any atom is 0.408 e. The van der Waals surface area contributed by atoms with Crippen LogP contribution in [0.4, 0.5) is 10.6 Å². The molecular weight excluding hydrogens is 378 g/mol. The van der Waals surface area contributed by atoms with E-state index in [1.165, 1.54) is 0 Å². The fraction of sp³-hybridized carbons (Fsp3) is 0.208. The van der Waals surface area contributed by atoms with Gasteiger partial charge in [-0.2, -0.15) is 0 Å². The molecule has 0 spiro atoms. The quantitative estimate of drug-likeness (QED) is 0.620. The highest BCUT2D eigenvalue weighted by Crippen LogP contribution is 2.11. The van der Waals surface area contributed by atoms with Crippen molar-refractivity contribution in [1.29, 1.82) is 0 Å². The van der Waals surface area contributed by atoms with Crippen molar-refractivity contribution >= 4 is 17.8 Å². The molecule has 2 N–H and O–H groups in total. The molecule has 2 amide bonds. The molecule has 2 aromatic carbocycles. The first-order chi connectivity index (χ1) is 14.5. The van der Waals surface area contributed by atoms with E-state index < -0.39 is 12.1 Å². The van der Waals surface area contributed by atoms with E-state index in [4.69, 9.17) is 4.74 Å². The van der Waals surface area contributed by atoms with Crippen LogP contribution in [0, 0.1) is 13.8 Å². The van der Waals surface area contributed by atoms with Gasteiger partial charge in [0.05, 0.1) is 0 Å². The van der Waals surface area contributed by atoms with Crippen LogP contribution in [0.2, 0.25) is 0 Å². The summed E-state index contributed by atoms with van der Waals surface area (Å²) in [5.41, 5.74) is 3.60. The predicted molar refractivity (Wildman–Crippen MR) is 116 cm³/mol. The second-order valence-corrected chi connectivity index (χ2v) is 7.11. The van der Waals surface area contributed by atoms with Crippen molar-refractivity contribution in [3.05, 3.63) is 95.2 Å². The van der Waals surface area contributed by atoms with Gasteiger partial charge in [-0.3, -0.25) is 4.79 Å². The summed E-state index contributed by atoms with van der Waals surface area (Å²) in [5, 5.41) is 5.49. The van der Waals surface area contributed by atoms with Crippen LogP contribution in [0.3, 0.4) is 0 Å². The van der Waals surface area contributed by atoms with E-state index >= 15 is 0 Å². The molecule has 6 nitrogen and oxygen atoms in total. The summed E-state index contributed by atoms with van der Waals surface area (Å²) in [6.45, 7) is 3.93. The third-order valence-corrected chi connectivity index (χ3v) is 4.45.